The lowest BCUT2D eigenvalue weighted by atomic mass is 9.95. The van der Waals surface area contributed by atoms with Gasteiger partial charge in [-0.25, -0.2) is 19.6 Å². The van der Waals surface area contributed by atoms with Crippen LogP contribution in [0.4, 0.5) is 9.59 Å². The number of carbonyl (C=O) groups is 5. The standard InChI is InChI=1S/C49H54N8O7/c1-24(2)39(54-47(61)63-5)45(59)56-23-49(15-16-49)21-38(56)43-50-22-37(53-43)28-9-13-32-31-12-8-26(18-33(31)42(58)34(32)19-28)27-10-14-35-36(20-27)52-44(51-35)41-29-7-11-30(17-29)57(41)46(60)40(25(3)4)55-48(62)64-6/h8-10,12-14,18-20,22,24-25,29-30,38-41H,7,11,15-17,21,23H2,1-6H3,(H,50,53)(H,51,52)(H,54,61)(H,55,62)/t29-,30-,38+,39-,40+,41+/m1/s1. The molecule has 4 amide bonds. The summed E-state index contributed by atoms with van der Waals surface area (Å²) in [6.07, 6.45) is 6.23. The number of likely N-dealkylation sites (tertiary alicyclic amines) is 2. The summed E-state index contributed by atoms with van der Waals surface area (Å²) in [5.41, 5.74) is 8.08. The largest absolute Gasteiger partial charge is 0.453 e. The van der Waals surface area contributed by atoms with E-state index in [2.05, 4.69) is 20.6 Å². The average Bonchev–Trinajstić information content (AvgIpc) is 3.96. The summed E-state index contributed by atoms with van der Waals surface area (Å²) in [4.78, 5) is 87.2. The van der Waals surface area contributed by atoms with Crippen LogP contribution in [0.5, 0.6) is 0 Å². The monoisotopic (exact) mass is 866 g/mol. The number of piperidine rings is 1. The zero-order valence-corrected chi connectivity index (χ0v) is 37.0. The molecule has 4 N–H and O–H groups in total. The molecule has 2 aromatic heterocycles. The predicted molar refractivity (Wildman–Crippen MR) is 238 cm³/mol. The number of methoxy groups -OCH3 is 2. The Kier molecular flexibility index (Phi) is 10.1. The van der Waals surface area contributed by atoms with E-state index in [9.17, 15) is 24.0 Å². The van der Waals surface area contributed by atoms with Gasteiger partial charge in [0.1, 0.15) is 23.7 Å². The van der Waals surface area contributed by atoms with Crippen LogP contribution in [-0.4, -0.2) is 98.4 Å². The van der Waals surface area contributed by atoms with Crippen molar-refractivity contribution in [2.45, 2.75) is 96.4 Å². The molecule has 10 rings (SSSR count). The van der Waals surface area contributed by atoms with Crippen LogP contribution in [-0.2, 0) is 19.1 Å². The van der Waals surface area contributed by atoms with E-state index in [0.29, 0.717) is 23.5 Å². The van der Waals surface area contributed by atoms with Crippen molar-refractivity contribution in [3.05, 3.63) is 83.6 Å². The molecule has 0 radical (unpaired) electrons. The molecule has 2 saturated carbocycles. The molecule has 3 aromatic carbocycles. The fourth-order valence-electron chi connectivity index (χ4n) is 10.9. The number of aromatic amines is 2. The number of hydrogen-bond donors (Lipinski definition) is 4. The summed E-state index contributed by atoms with van der Waals surface area (Å²) >= 11 is 0. The number of carbonyl (C=O) groups excluding carboxylic acids is 5. The maximum atomic E-state index is 14.2. The zero-order chi connectivity index (χ0) is 44.8. The number of alkyl carbamates (subject to hydrolysis) is 2. The van der Waals surface area contributed by atoms with Crippen LogP contribution in [0.1, 0.15) is 106 Å². The van der Waals surface area contributed by atoms with Crippen LogP contribution < -0.4 is 10.6 Å². The van der Waals surface area contributed by atoms with Gasteiger partial charge in [0, 0.05) is 29.3 Å². The van der Waals surface area contributed by atoms with Crippen molar-refractivity contribution < 1.29 is 33.4 Å². The third-order valence-corrected chi connectivity index (χ3v) is 14.5. The molecule has 2 bridgehead atoms. The first-order valence-corrected chi connectivity index (χ1v) is 22.5. The van der Waals surface area contributed by atoms with E-state index >= 15 is 0 Å². The summed E-state index contributed by atoms with van der Waals surface area (Å²) in [7, 11) is 2.59. The predicted octanol–water partition coefficient (Wildman–Crippen LogP) is 7.70. The second-order valence-electron chi connectivity index (χ2n) is 19.2. The van der Waals surface area contributed by atoms with Crippen molar-refractivity contribution in [3.63, 3.8) is 0 Å². The first kappa shape index (κ1) is 41.5. The highest BCUT2D eigenvalue weighted by Crippen LogP contribution is 2.58. The SMILES string of the molecule is COC(=O)N[C@H](C(=O)N1[C@@H]2CC[C@H](C2)[C@H]1c1nc2ccc(-c3ccc4c(c3)C(=O)c3cc(-c5cnc([C@@H]6CC7(CC7)CN6C(=O)[C@H](NC(=O)OC)C(C)C)[nH]5)ccc3-4)cc2[nH]1)C(C)C. The number of nitrogens with zero attached hydrogens (tertiary/aromatic N) is 4. The Bertz CT molecular complexity index is 2730. The molecule has 0 unspecified atom stereocenters. The Balaban J connectivity index is 0.881. The number of fused-ring (bicyclic) bond motifs is 6. The van der Waals surface area contributed by atoms with Crippen LogP contribution >= 0.6 is 0 Å². The number of ketones is 1. The van der Waals surface area contributed by atoms with Crippen molar-refractivity contribution in [1.29, 1.82) is 0 Å². The lowest BCUT2D eigenvalue weighted by Gasteiger charge is -2.37. The van der Waals surface area contributed by atoms with Crippen molar-refractivity contribution >= 4 is 40.8 Å². The molecule has 15 nitrogen and oxygen atoms in total. The molecule has 5 aromatic rings. The average molecular weight is 867 g/mol. The van der Waals surface area contributed by atoms with Gasteiger partial charge in [-0.1, -0.05) is 58.0 Å². The van der Waals surface area contributed by atoms with Gasteiger partial charge in [0.15, 0.2) is 5.78 Å². The lowest BCUT2D eigenvalue weighted by molar-refractivity contribution is -0.139. The van der Waals surface area contributed by atoms with E-state index in [1.165, 1.54) is 14.2 Å². The molecule has 332 valence electrons. The molecule has 2 aliphatic heterocycles. The van der Waals surface area contributed by atoms with Crippen LogP contribution in [0.15, 0.2) is 60.8 Å². The van der Waals surface area contributed by atoms with Crippen LogP contribution in [0, 0.1) is 23.2 Å². The van der Waals surface area contributed by atoms with Gasteiger partial charge in [-0.3, -0.25) is 14.4 Å². The van der Waals surface area contributed by atoms with Gasteiger partial charge >= 0.3 is 12.2 Å². The summed E-state index contributed by atoms with van der Waals surface area (Å²) in [5, 5.41) is 5.50. The van der Waals surface area contributed by atoms with Crippen molar-refractivity contribution in [3.8, 4) is 33.5 Å². The highest BCUT2D eigenvalue weighted by Gasteiger charge is 2.55. The Morgan fingerprint density at radius 2 is 1.39 bits per heavy atom. The summed E-state index contributed by atoms with van der Waals surface area (Å²) in [6.45, 7) is 8.26. The normalized spacial score (nSPS) is 22.3. The molecule has 2 saturated heterocycles. The van der Waals surface area contributed by atoms with Crippen LogP contribution in [0.3, 0.4) is 0 Å². The minimum Gasteiger partial charge on any atom is -0.453 e. The van der Waals surface area contributed by atoms with Gasteiger partial charge < -0.3 is 39.9 Å². The van der Waals surface area contributed by atoms with Gasteiger partial charge in [-0.15, -0.1) is 0 Å². The van der Waals surface area contributed by atoms with Crippen molar-refractivity contribution in [2.24, 2.45) is 23.2 Å². The van der Waals surface area contributed by atoms with Gasteiger partial charge in [-0.2, -0.15) is 0 Å². The summed E-state index contributed by atoms with van der Waals surface area (Å²) in [5.74, 6) is 1.10. The van der Waals surface area contributed by atoms with Gasteiger partial charge in [0.2, 0.25) is 11.8 Å². The number of aromatic nitrogens is 4. The number of rotatable bonds is 10. The Morgan fingerprint density at radius 1 is 0.766 bits per heavy atom. The topological polar surface area (TPSA) is 192 Å². The van der Waals surface area contributed by atoms with Crippen LogP contribution in [0.2, 0.25) is 0 Å². The maximum Gasteiger partial charge on any atom is 0.407 e. The Labute approximate surface area is 371 Å². The highest BCUT2D eigenvalue weighted by molar-refractivity contribution is 6.22. The number of benzene rings is 3. The molecule has 3 aliphatic carbocycles. The minimum atomic E-state index is -0.728. The minimum absolute atomic E-state index is 0.0538. The first-order valence-electron chi connectivity index (χ1n) is 22.5. The molecule has 6 atom stereocenters. The Morgan fingerprint density at radius 3 is 2.05 bits per heavy atom. The van der Waals surface area contributed by atoms with E-state index in [1.807, 2.05) is 92.1 Å². The van der Waals surface area contributed by atoms with Crippen molar-refractivity contribution in [2.75, 3.05) is 20.8 Å². The van der Waals surface area contributed by atoms with Gasteiger partial charge in [0.25, 0.3) is 0 Å². The van der Waals surface area contributed by atoms with E-state index < -0.39 is 24.3 Å². The van der Waals surface area contributed by atoms with Gasteiger partial charge in [-0.05, 0) is 108 Å². The van der Waals surface area contributed by atoms with E-state index in [0.717, 1.165) is 88.9 Å². The number of imidazole rings is 2. The number of ether oxygens (including phenoxy) is 2. The van der Waals surface area contributed by atoms with E-state index in [1.54, 1.807) is 6.20 Å². The smallest absolute Gasteiger partial charge is 0.407 e. The molecule has 15 heteroatoms. The number of H-pyrrole nitrogens is 2. The molecule has 5 aliphatic rings. The quantitative estimate of drug-likeness (QED) is 0.107. The van der Waals surface area contributed by atoms with Crippen LogP contribution in [0.25, 0.3) is 44.5 Å². The van der Waals surface area contributed by atoms with Gasteiger partial charge in [0.05, 0.1) is 49.2 Å². The second kappa shape index (κ2) is 15.6. The fraction of sp³-hybridized carbons (Fsp3) is 0.449. The highest BCUT2D eigenvalue weighted by atomic mass is 16.5. The van der Waals surface area contributed by atoms with E-state index in [-0.39, 0.29) is 58.9 Å². The van der Waals surface area contributed by atoms with E-state index in [4.69, 9.17) is 19.4 Å². The molecule has 1 spiro atoms. The maximum absolute atomic E-state index is 14.2. The third kappa shape index (κ3) is 6.99. The number of amides is 4. The second-order valence-corrected chi connectivity index (χ2v) is 19.2. The number of hydrogen-bond acceptors (Lipinski definition) is 9. The zero-order valence-electron chi connectivity index (χ0n) is 37.0. The van der Waals surface area contributed by atoms with Crippen molar-refractivity contribution in [1.82, 2.24) is 40.4 Å². The molecule has 64 heavy (non-hydrogen) atoms. The fourth-order valence-corrected chi connectivity index (χ4v) is 10.9. The molecular weight excluding hydrogens is 813 g/mol. The molecule has 4 heterocycles. The Hall–Kier alpha value is -6.51. The summed E-state index contributed by atoms with van der Waals surface area (Å²) < 4.78 is 9.67. The summed E-state index contributed by atoms with van der Waals surface area (Å²) in [6, 6.07) is 16.1. The lowest BCUT2D eigenvalue weighted by Crippen LogP contribution is -2.54. The first-order chi connectivity index (χ1) is 30.8. The molecule has 4 fully saturated rings. The molecular formula is C49H54N8O7. The number of nitrogens with one attached hydrogen (secondary N) is 4. The third-order valence-electron chi connectivity index (χ3n) is 14.5.